The van der Waals surface area contributed by atoms with Crippen LogP contribution in [0, 0.1) is 10.1 Å². The summed E-state index contributed by atoms with van der Waals surface area (Å²) in [6.45, 7) is 1.97. The largest absolute Gasteiger partial charge is 0.362 e. The van der Waals surface area contributed by atoms with Crippen molar-refractivity contribution < 1.29 is 13.3 Å². The topological polar surface area (TPSA) is 105 Å². The number of aliphatic imine (C=N–C) groups is 1. The van der Waals surface area contributed by atoms with Crippen molar-refractivity contribution in [3.63, 3.8) is 0 Å². The second kappa shape index (κ2) is 8.54. The van der Waals surface area contributed by atoms with E-state index in [1.807, 2.05) is 37.3 Å². The Balaban J connectivity index is 1.99. The van der Waals surface area contributed by atoms with Crippen LogP contribution in [0.15, 0.2) is 64.5 Å². The van der Waals surface area contributed by atoms with Gasteiger partial charge >= 0.3 is 0 Å². The maximum atomic E-state index is 12.3. The smallest absolute Gasteiger partial charge is 0.270 e. The molecule has 26 heavy (non-hydrogen) atoms. The molecule has 2 aromatic rings. The number of rotatable bonds is 8. The summed E-state index contributed by atoms with van der Waals surface area (Å²) in [5, 5.41) is 10.8. The molecule has 1 N–H and O–H groups in total. The van der Waals surface area contributed by atoms with Crippen molar-refractivity contribution in [2.75, 3.05) is 13.6 Å². The molecule has 0 aliphatic rings. The molecule has 1 atom stereocenters. The summed E-state index contributed by atoms with van der Waals surface area (Å²) in [4.78, 5) is 16.1. The monoisotopic (exact) mass is 376 g/mol. The lowest BCUT2D eigenvalue weighted by Gasteiger charge is -2.22. The number of hydrogen-bond donors (Lipinski definition) is 1. The number of hydrogen-bond acceptors (Lipinski definition) is 5. The molecule has 0 radical (unpaired) electrons. The van der Waals surface area contributed by atoms with Gasteiger partial charge in [-0.3, -0.25) is 10.1 Å². The standard InChI is InChI=1S/C17H20N4O4S/c1-14(20(2)13-18-15-7-4-3-5-8-15)12-19-26(24,25)17-10-6-9-16(11-17)21(22)23/h3-11,13-14,19H,12H2,1-2H3. The first-order chi connectivity index (χ1) is 12.3. The number of sulfonamides is 1. The molecule has 0 heterocycles. The Morgan fingerprint density at radius 2 is 1.92 bits per heavy atom. The molecule has 0 spiro atoms. The highest BCUT2D eigenvalue weighted by Crippen LogP contribution is 2.17. The van der Waals surface area contributed by atoms with Crippen LogP contribution in [0.4, 0.5) is 11.4 Å². The number of nitrogens with one attached hydrogen (secondary N) is 1. The van der Waals surface area contributed by atoms with Crippen LogP contribution in [-0.2, 0) is 10.0 Å². The number of likely N-dealkylation sites (N-methyl/N-ethyl adjacent to an activating group) is 1. The lowest BCUT2D eigenvalue weighted by Crippen LogP contribution is -2.39. The van der Waals surface area contributed by atoms with E-state index >= 15 is 0 Å². The Hall–Kier alpha value is -2.78. The van der Waals surface area contributed by atoms with E-state index < -0.39 is 14.9 Å². The van der Waals surface area contributed by atoms with Crippen LogP contribution in [-0.4, -0.2) is 44.2 Å². The predicted octanol–water partition coefficient (Wildman–Crippen LogP) is 2.55. The number of nitro groups is 1. The van der Waals surface area contributed by atoms with Crippen LogP contribution in [0.2, 0.25) is 0 Å². The summed E-state index contributed by atoms with van der Waals surface area (Å²) in [7, 11) is -2.05. The van der Waals surface area contributed by atoms with Gasteiger partial charge in [-0.25, -0.2) is 18.1 Å². The Morgan fingerprint density at radius 3 is 2.58 bits per heavy atom. The van der Waals surface area contributed by atoms with Gasteiger partial charge in [0.15, 0.2) is 0 Å². The minimum absolute atomic E-state index is 0.127. The van der Waals surface area contributed by atoms with Crippen LogP contribution in [0.1, 0.15) is 6.92 Å². The van der Waals surface area contributed by atoms with Crippen molar-refractivity contribution in [2.45, 2.75) is 17.9 Å². The van der Waals surface area contributed by atoms with Gasteiger partial charge in [0.25, 0.3) is 5.69 Å². The molecule has 0 saturated carbocycles. The summed E-state index contributed by atoms with van der Waals surface area (Å²) in [5.41, 5.74) is 0.525. The van der Waals surface area contributed by atoms with Gasteiger partial charge in [-0.05, 0) is 25.1 Å². The van der Waals surface area contributed by atoms with Gasteiger partial charge in [-0.2, -0.15) is 0 Å². The molecule has 0 saturated heterocycles. The average molecular weight is 376 g/mol. The zero-order chi connectivity index (χ0) is 19.2. The summed E-state index contributed by atoms with van der Waals surface area (Å²) in [6, 6.07) is 14.1. The quantitative estimate of drug-likeness (QED) is 0.330. The van der Waals surface area contributed by atoms with E-state index in [9.17, 15) is 18.5 Å². The lowest BCUT2D eigenvalue weighted by molar-refractivity contribution is -0.385. The van der Waals surface area contributed by atoms with Crippen molar-refractivity contribution >= 4 is 27.7 Å². The molecule has 0 aliphatic heterocycles. The predicted molar refractivity (Wildman–Crippen MR) is 100 cm³/mol. The molecule has 0 aliphatic carbocycles. The Bertz CT molecular complexity index is 885. The van der Waals surface area contributed by atoms with Crippen LogP contribution >= 0.6 is 0 Å². The molecule has 2 rings (SSSR count). The fraction of sp³-hybridized carbons (Fsp3) is 0.235. The summed E-state index contributed by atoms with van der Waals surface area (Å²) >= 11 is 0. The molecule has 8 nitrogen and oxygen atoms in total. The highest BCUT2D eigenvalue weighted by atomic mass is 32.2. The van der Waals surface area contributed by atoms with Crippen LogP contribution in [0.3, 0.4) is 0 Å². The average Bonchev–Trinajstić information content (AvgIpc) is 2.65. The van der Waals surface area contributed by atoms with Gasteiger partial charge in [0, 0.05) is 31.8 Å². The zero-order valence-corrected chi connectivity index (χ0v) is 15.3. The normalized spacial score (nSPS) is 12.8. The number of nitro benzene ring substituents is 1. The van der Waals surface area contributed by atoms with E-state index in [-0.39, 0.29) is 23.2 Å². The molecule has 9 heteroatoms. The maximum Gasteiger partial charge on any atom is 0.270 e. The highest BCUT2D eigenvalue weighted by molar-refractivity contribution is 7.89. The number of benzene rings is 2. The van der Waals surface area contributed by atoms with E-state index in [0.29, 0.717) is 0 Å². The van der Waals surface area contributed by atoms with E-state index in [1.165, 1.54) is 18.2 Å². The molecule has 1 unspecified atom stereocenters. The number of para-hydroxylation sites is 1. The van der Waals surface area contributed by atoms with Gasteiger partial charge in [-0.1, -0.05) is 24.3 Å². The number of non-ortho nitro benzene ring substituents is 1. The van der Waals surface area contributed by atoms with E-state index in [1.54, 1.807) is 18.3 Å². The second-order valence-electron chi connectivity index (χ2n) is 5.70. The second-order valence-corrected chi connectivity index (χ2v) is 7.47. The van der Waals surface area contributed by atoms with Crippen molar-refractivity contribution in [2.24, 2.45) is 4.99 Å². The number of nitrogens with zero attached hydrogens (tertiary/aromatic N) is 3. The van der Waals surface area contributed by atoms with Crippen LogP contribution in [0.5, 0.6) is 0 Å². The summed E-state index contributed by atoms with van der Waals surface area (Å²) in [6.07, 6.45) is 1.63. The molecule has 2 aromatic carbocycles. The van der Waals surface area contributed by atoms with Crippen molar-refractivity contribution in [3.8, 4) is 0 Å². The molecule has 0 amide bonds. The van der Waals surface area contributed by atoms with E-state index in [4.69, 9.17) is 0 Å². The van der Waals surface area contributed by atoms with Gasteiger partial charge in [0.2, 0.25) is 10.0 Å². The van der Waals surface area contributed by atoms with Gasteiger partial charge in [-0.15, -0.1) is 0 Å². The third-order valence-electron chi connectivity index (χ3n) is 3.75. The van der Waals surface area contributed by atoms with Crippen molar-refractivity contribution in [1.29, 1.82) is 0 Å². The van der Waals surface area contributed by atoms with E-state index in [2.05, 4.69) is 9.71 Å². The van der Waals surface area contributed by atoms with Gasteiger partial charge in [0.05, 0.1) is 21.8 Å². The molecule has 0 aromatic heterocycles. The molecular formula is C17H20N4O4S. The zero-order valence-electron chi connectivity index (χ0n) is 14.4. The first-order valence-corrected chi connectivity index (χ1v) is 9.33. The third kappa shape index (κ3) is 5.36. The highest BCUT2D eigenvalue weighted by Gasteiger charge is 2.19. The lowest BCUT2D eigenvalue weighted by atomic mass is 10.3. The Kier molecular flexibility index (Phi) is 6.42. The fourth-order valence-corrected chi connectivity index (χ4v) is 3.17. The summed E-state index contributed by atoms with van der Waals surface area (Å²) < 4.78 is 27.1. The first-order valence-electron chi connectivity index (χ1n) is 7.85. The first kappa shape index (κ1) is 19.5. The molecule has 138 valence electrons. The molecular weight excluding hydrogens is 356 g/mol. The SMILES string of the molecule is CC(CNS(=O)(=O)c1cccc([N+](=O)[O-])c1)N(C)C=Nc1ccccc1. The fourth-order valence-electron chi connectivity index (χ4n) is 2.01. The third-order valence-corrected chi connectivity index (χ3v) is 5.17. The van der Waals surface area contributed by atoms with Gasteiger partial charge in [0.1, 0.15) is 0 Å². The van der Waals surface area contributed by atoms with E-state index in [0.717, 1.165) is 11.8 Å². The molecule has 0 fully saturated rings. The summed E-state index contributed by atoms with van der Waals surface area (Å²) in [5.74, 6) is 0. The van der Waals surface area contributed by atoms with Crippen molar-refractivity contribution in [3.05, 3.63) is 64.7 Å². The van der Waals surface area contributed by atoms with Crippen LogP contribution < -0.4 is 4.72 Å². The minimum atomic E-state index is -3.84. The minimum Gasteiger partial charge on any atom is -0.362 e. The van der Waals surface area contributed by atoms with Crippen molar-refractivity contribution in [1.82, 2.24) is 9.62 Å². The van der Waals surface area contributed by atoms with Gasteiger partial charge < -0.3 is 4.90 Å². The Labute approximate surface area is 152 Å². The maximum absolute atomic E-state index is 12.3. The van der Waals surface area contributed by atoms with Crippen LogP contribution in [0.25, 0.3) is 0 Å². The Morgan fingerprint density at radius 1 is 1.23 bits per heavy atom. The molecule has 0 bridgehead atoms.